The Morgan fingerprint density at radius 3 is 2.70 bits per heavy atom. The van der Waals surface area contributed by atoms with Gasteiger partial charge in [0.1, 0.15) is 0 Å². The molecule has 5 heteroatoms. The minimum absolute atomic E-state index is 0.0397. The fraction of sp³-hybridized carbons (Fsp3) is 0.533. The molecule has 1 fully saturated rings. The number of carbonyl (C=O) groups excluding carboxylic acids is 1. The first-order valence-corrected chi connectivity index (χ1v) is 7.80. The van der Waals surface area contributed by atoms with Gasteiger partial charge in [0.25, 0.3) is 0 Å². The number of rotatable bonds is 5. The summed E-state index contributed by atoms with van der Waals surface area (Å²) in [4.78, 5) is 14.7. The Labute approximate surface area is 130 Å². The number of carbonyl (C=O) groups is 1. The number of likely N-dealkylation sites (N-methyl/N-ethyl adjacent to an activating group) is 1. The molecule has 0 atom stereocenters. The molecular formula is C15H20Cl2N2O. The van der Waals surface area contributed by atoms with E-state index in [0.717, 1.165) is 32.5 Å². The van der Waals surface area contributed by atoms with Crippen molar-refractivity contribution in [2.75, 3.05) is 26.2 Å². The Morgan fingerprint density at radius 1 is 1.35 bits per heavy atom. The Bertz CT molecular complexity index is 473. The highest BCUT2D eigenvalue weighted by Crippen LogP contribution is 2.22. The van der Waals surface area contributed by atoms with Gasteiger partial charge in [-0.1, -0.05) is 30.1 Å². The number of benzene rings is 1. The summed E-state index contributed by atoms with van der Waals surface area (Å²) in [7, 11) is 0. The molecule has 1 saturated heterocycles. The van der Waals surface area contributed by atoms with Gasteiger partial charge in [0, 0.05) is 16.6 Å². The molecule has 20 heavy (non-hydrogen) atoms. The number of ketones is 1. The zero-order valence-electron chi connectivity index (χ0n) is 11.7. The summed E-state index contributed by atoms with van der Waals surface area (Å²) in [5.74, 6) is 0.0397. The standard InChI is InChI=1S/C15H20Cl2N2O/c1-2-19(12-5-7-18-8-6-12)10-15(20)13-9-11(16)3-4-14(13)17/h3-4,9,12,18H,2,5-8,10H2,1H3. The van der Waals surface area contributed by atoms with Crippen LogP contribution in [0.15, 0.2) is 18.2 Å². The largest absolute Gasteiger partial charge is 0.317 e. The lowest BCUT2D eigenvalue weighted by molar-refractivity contribution is 0.0874. The fourth-order valence-electron chi connectivity index (χ4n) is 2.65. The molecule has 1 aromatic rings. The first-order valence-electron chi connectivity index (χ1n) is 7.05. The minimum Gasteiger partial charge on any atom is -0.317 e. The summed E-state index contributed by atoms with van der Waals surface area (Å²) < 4.78 is 0. The van der Waals surface area contributed by atoms with E-state index in [4.69, 9.17) is 23.2 Å². The lowest BCUT2D eigenvalue weighted by Gasteiger charge is -2.33. The van der Waals surface area contributed by atoms with Crippen LogP contribution in [-0.4, -0.2) is 42.9 Å². The summed E-state index contributed by atoms with van der Waals surface area (Å²) in [6, 6.07) is 5.51. The number of nitrogens with zero attached hydrogens (tertiary/aromatic N) is 1. The highest BCUT2D eigenvalue weighted by atomic mass is 35.5. The van der Waals surface area contributed by atoms with Gasteiger partial charge in [-0.05, 0) is 50.7 Å². The molecule has 0 spiro atoms. The van der Waals surface area contributed by atoms with Gasteiger partial charge in [-0.2, -0.15) is 0 Å². The van der Waals surface area contributed by atoms with Crippen LogP contribution >= 0.6 is 23.2 Å². The van der Waals surface area contributed by atoms with E-state index in [-0.39, 0.29) is 5.78 Å². The summed E-state index contributed by atoms with van der Waals surface area (Å²) in [6.07, 6.45) is 2.18. The monoisotopic (exact) mass is 314 g/mol. The molecular weight excluding hydrogens is 295 g/mol. The van der Waals surface area contributed by atoms with Crippen molar-refractivity contribution in [3.05, 3.63) is 33.8 Å². The maximum Gasteiger partial charge on any atom is 0.178 e. The van der Waals surface area contributed by atoms with E-state index in [1.807, 2.05) is 0 Å². The normalized spacial score (nSPS) is 16.6. The Balaban J connectivity index is 2.06. The molecule has 0 bridgehead atoms. The van der Waals surface area contributed by atoms with Gasteiger partial charge >= 0.3 is 0 Å². The van der Waals surface area contributed by atoms with Gasteiger partial charge < -0.3 is 5.32 Å². The molecule has 0 saturated carbocycles. The summed E-state index contributed by atoms with van der Waals surface area (Å²) >= 11 is 12.0. The van der Waals surface area contributed by atoms with Crippen LogP contribution in [0, 0.1) is 0 Å². The zero-order valence-corrected chi connectivity index (χ0v) is 13.2. The second-order valence-electron chi connectivity index (χ2n) is 5.09. The Morgan fingerprint density at radius 2 is 2.05 bits per heavy atom. The van der Waals surface area contributed by atoms with Crippen molar-refractivity contribution in [2.24, 2.45) is 0 Å². The van der Waals surface area contributed by atoms with Crippen LogP contribution < -0.4 is 5.32 Å². The summed E-state index contributed by atoms with van der Waals surface area (Å²) in [6.45, 7) is 5.41. The predicted molar refractivity (Wildman–Crippen MR) is 83.9 cm³/mol. The topological polar surface area (TPSA) is 32.3 Å². The van der Waals surface area contributed by atoms with Gasteiger partial charge in [0.05, 0.1) is 11.6 Å². The van der Waals surface area contributed by atoms with Crippen molar-refractivity contribution in [2.45, 2.75) is 25.8 Å². The third-order valence-electron chi connectivity index (χ3n) is 3.81. The summed E-state index contributed by atoms with van der Waals surface area (Å²) in [5.41, 5.74) is 0.520. The van der Waals surface area contributed by atoms with E-state index >= 15 is 0 Å². The van der Waals surface area contributed by atoms with Crippen LogP contribution in [0.2, 0.25) is 10.0 Å². The molecule has 0 amide bonds. The van der Waals surface area contributed by atoms with E-state index in [1.165, 1.54) is 0 Å². The summed E-state index contributed by atoms with van der Waals surface area (Å²) in [5, 5.41) is 4.36. The third-order valence-corrected chi connectivity index (χ3v) is 4.37. The molecule has 1 heterocycles. The third kappa shape index (κ3) is 3.95. The SMILES string of the molecule is CCN(CC(=O)c1cc(Cl)ccc1Cl)C1CCNCC1. The Hall–Kier alpha value is -0.610. The van der Waals surface area contributed by atoms with Crippen molar-refractivity contribution in [3.8, 4) is 0 Å². The number of halogens is 2. The van der Waals surface area contributed by atoms with Crippen molar-refractivity contribution in [1.29, 1.82) is 0 Å². The molecule has 1 aliphatic rings. The van der Waals surface area contributed by atoms with E-state index in [1.54, 1.807) is 18.2 Å². The fourth-order valence-corrected chi connectivity index (χ4v) is 3.05. The van der Waals surface area contributed by atoms with Crippen LogP contribution in [0.25, 0.3) is 0 Å². The highest BCUT2D eigenvalue weighted by molar-refractivity contribution is 6.36. The molecule has 0 aromatic heterocycles. The van der Waals surface area contributed by atoms with Crippen molar-refractivity contribution in [1.82, 2.24) is 10.2 Å². The van der Waals surface area contributed by atoms with Crippen LogP contribution in [0.4, 0.5) is 0 Å². The number of hydrogen-bond acceptors (Lipinski definition) is 3. The average Bonchev–Trinajstić information content (AvgIpc) is 2.48. The van der Waals surface area contributed by atoms with Gasteiger partial charge in [0.15, 0.2) is 5.78 Å². The Kier molecular flexibility index (Phi) is 5.85. The second-order valence-corrected chi connectivity index (χ2v) is 5.94. The van der Waals surface area contributed by atoms with Gasteiger partial charge in [-0.25, -0.2) is 0 Å². The number of Topliss-reactive ketones (excluding diaryl/α,β-unsaturated/α-hetero) is 1. The van der Waals surface area contributed by atoms with Crippen molar-refractivity contribution >= 4 is 29.0 Å². The lowest BCUT2D eigenvalue weighted by atomic mass is 10.0. The lowest BCUT2D eigenvalue weighted by Crippen LogP contribution is -2.45. The molecule has 0 radical (unpaired) electrons. The molecule has 2 rings (SSSR count). The van der Waals surface area contributed by atoms with Crippen LogP contribution in [0.1, 0.15) is 30.1 Å². The number of nitrogens with one attached hydrogen (secondary N) is 1. The van der Waals surface area contributed by atoms with E-state index in [9.17, 15) is 4.79 Å². The number of piperidine rings is 1. The predicted octanol–water partition coefficient (Wildman–Crippen LogP) is 3.25. The average molecular weight is 315 g/mol. The first kappa shape index (κ1) is 15.8. The minimum atomic E-state index is 0.0397. The maximum absolute atomic E-state index is 12.4. The van der Waals surface area contributed by atoms with Crippen LogP contribution in [-0.2, 0) is 0 Å². The first-order chi connectivity index (χ1) is 9.61. The zero-order chi connectivity index (χ0) is 14.5. The quantitative estimate of drug-likeness (QED) is 0.847. The van der Waals surface area contributed by atoms with E-state index < -0.39 is 0 Å². The molecule has 0 aliphatic carbocycles. The van der Waals surface area contributed by atoms with E-state index in [2.05, 4.69) is 17.1 Å². The smallest absolute Gasteiger partial charge is 0.178 e. The van der Waals surface area contributed by atoms with Crippen molar-refractivity contribution < 1.29 is 4.79 Å². The molecule has 110 valence electrons. The van der Waals surface area contributed by atoms with Gasteiger partial charge in [-0.15, -0.1) is 0 Å². The number of hydrogen-bond donors (Lipinski definition) is 1. The van der Waals surface area contributed by atoms with Crippen molar-refractivity contribution in [3.63, 3.8) is 0 Å². The second kappa shape index (κ2) is 7.41. The van der Waals surface area contributed by atoms with Crippen LogP contribution in [0.3, 0.4) is 0 Å². The molecule has 1 aliphatic heterocycles. The van der Waals surface area contributed by atoms with Gasteiger partial charge in [-0.3, -0.25) is 9.69 Å². The molecule has 1 N–H and O–H groups in total. The highest BCUT2D eigenvalue weighted by Gasteiger charge is 2.23. The molecule has 3 nitrogen and oxygen atoms in total. The maximum atomic E-state index is 12.4. The molecule has 0 unspecified atom stereocenters. The molecule has 1 aromatic carbocycles. The van der Waals surface area contributed by atoms with Gasteiger partial charge in [0.2, 0.25) is 0 Å². The van der Waals surface area contributed by atoms with E-state index in [0.29, 0.717) is 28.2 Å². The van der Waals surface area contributed by atoms with Crippen LogP contribution in [0.5, 0.6) is 0 Å².